The van der Waals surface area contributed by atoms with Crippen LogP contribution in [0.5, 0.6) is 11.5 Å². The van der Waals surface area contributed by atoms with Crippen LogP contribution in [-0.4, -0.2) is 25.0 Å². The van der Waals surface area contributed by atoms with E-state index in [-0.39, 0.29) is 11.7 Å². The lowest BCUT2D eigenvalue weighted by molar-refractivity contribution is 0.0764. The molecule has 0 atom stereocenters. The van der Waals surface area contributed by atoms with Crippen LogP contribution in [0.3, 0.4) is 0 Å². The van der Waals surface area contributed by atoms with Gasteiger partial charge >= 0.3 is 0 Å². The standard InChI is InChI=1S/C18H18FNO3/c1-11-8-12(4-6-14(11)19)9-20-10-13-5-7-15(22-2)17(23-3)16(13)18(20)21/h4-8H,9-10H2,1-3H3. The molecular formula is C18H18FNO3. The monoisotopic (exact) mass is 315 g/mol. The van der Waals surface area contributed by atoms with E-state index in [0.29, 0.717) is 35.7 Å². The van der Waals surface area contributed by atoms with Gasteiger partial charge in [0.25, 0.3) is 5.91 Å². The number of methoxy groups -OCH3 is 2. The lowest BCUT2D eigenvalue weighted by Crippen LogP contribution is -2.23. The maximum absolute atomic E-state index is 13.4. The van der Waals surface area contributed by atoms with Crippen molar-refractivity contribution < 1.29 is 18.7 Å². The van der Waals surface area contributed by atoms with E-state index in [2.05, 4.69) is 0 Å². The Labute approximate surface area is 134 Å². The number of fused-ring (bicyclic) bond motifs is 1. The molecule has 0 aromatic heterocycles. The smallest absolute Gasteiger partial charge is 0.258 e. The van der Waals surface area contributed by atoms with Crippen LogP contribution in [0.4, 0.5) is 4.39 Å². The lowest BCUT2D eigenvalue weighted by atomic mass is 10.1. The molecule has 0 unspecified atom stereocenters. The van der Waals surface area contributed by atoms with Gasteiger partial charge in [0.2, 0.25) is 0 Å². The normalized spacial score (nSPS) is 13.2. The Hall–Kier alpha value is -2.56. The quantitative estimate of drug-likeness (QED) is 0.869. The summed E-state index contributed by atoms with van der Waals surface area (Å²) in [6, 6.07) is 8.59. The van der Waals surface area contributed by atoms with E-state index in [1.165, 1.54) is 13.2 Å². The molecule has 0 N–H and O–H groups in total. The Bertz CT molecular complexity index is 773. The first-order valence-corrected chi connectivity index (χ1v) is 7.33. The summed E-state index contributed by atoms with van der Waals surface area (Å²) in [6.45, 7) is 2.65. The highest BCUT2D eigenvalue weighted by Crippen LogP contribution is 2.38. The van der Waals surface area contributed by atoms with Crippen LogP contribution in [0.25, 0.3) is 0 Å². The van der Waals surface area contributed by atoms with Crippen molar-refractivity contribution >= 4 is 5.91 Å². The zero-order valence-corrected chi connectivity index (χ0v) is 13.4. The van der Waals surface area contributed by atoms with Gasteiger partial charge in [-0.3, -0.25) is 4.79 Å². The van der Waals surface area contributed by atoms with E-state index in [9.17, 15) is 9.18 Å². The van der Waals surface area contributed by atoms with Gasteiger partial charge in [-0.15, -0.1) is 0 Å². The second-order valence-electron chi connectivity index (χ2n) is 5.58. The van der Waals surface area contributed by atoms with Gasteiger partial charge < -0.3 is 14.4 Å². The maximum Gasteiger partial charge on any atom is 0.258 e. The number of halogens is 1. The Balaban J connectivity index is 1.90. The van der Waals surface area contributed by atoms with Crippen molar-refractivity contribution in [1.29, 1.82) is 0 Å². The van der Waals surface area contributed by atoms with Crippen LogP contribution < -0.4 is 9.47 Å². The third-order valence-electron chi connectivity index (χ3n) is 4.09. The first-order valence-electron chi connectivity index (χ1n) is 7.33. The van der Waals surface area contributed by atoms with Crippen molar-refractivity contribution in [3.63, 3.8) is 0 Å². The minimum absolute atomic E-state index is 0.0993. The molecule has 1 heterocycles. The third-order valence-corrected chi connectivity index (χ3v) is 4.09. The van der Waals surface area contributed by atoms with Gasteiger partial charge in [-0.25, -0.2) is 4.39 Å². The van der Waals surface area contributed by atoms with Crippen molar-refractivity contribution in [3.8, 4) is 11.5 Å². The van der Waals surface area contributed by atoms with Crippen molar-refractivity contribution in [2.75, 3.05) is 14.2 Å². The average Bonchev–Trinajstić information content (AvgIpc) is 2.86. The van der Waals surface area contributed by atoms with Crippen LogP contribution in [0, 0.1) is 12.7 Å². The molecule has 1 aliphatic rings. The summed E-state index contributed by atoms with van der Waals surface area (Å²) in [6.07, 6.45) is 0. The zero-order chi connectivity index (χ0) is 16.6. The van der Waals surface area contributed by atoms with Crippen molar-refractivity contribution in [2.45, 2.75) is 20.0 Å². The number of aryl methyl sites for hydroxylation is 1. The number of benzene rings is 2. The predicted molar refractivity (Wildman–Crippen MR) is 84.3 cm³/mol. The van der Waals surface area contributed by atoms with Crippen molar-refractivity contribution in [3.05, 3.63) is 58.4 Å². The molecule has 0 bridgehead atoms. The fourth-order valence-corrected chi connectivity index (χ4v) is 2.92. The molecule has 2 aromatic rings. The number of rotatable bonds is 4. The Morgan fingerprint density at radius 2 is 1.96 bits per heavy atom. The summed E-state index contributed by atoms with van der Waals surface area (Å²) in [4.78, 5) is 14.4. The number of ether oxygens (including phenoxy) is 2. The molecule has 0 aliphatic carbocycles. The molecule has 0 fully saturated rings. The average molecular weight is 315 g/mol. The molecule has 5 heteroatoms. The van der Waals surface area contributed by atoms with Gasteiger partial charge in [0.1, 0.15) is 5.82 Å². The summed E-state index contributed by atoms with van der Waals surface area (Å²) in [5.41, 5.74) is 2.93. The fourth-order valence-electron chi connectivity index (χ4n) is 2.92. The van der Waals surface area contributed by atoms with Gasteiger partial charge in [0.05, 0.1) is 19.8 Å². The highest BCUT2D eigenvalue weighted by Gasteiger charge is 2.32. The fraction of sp³-hybridized carbons (Fsp3) is 0.278. The van der Waals surface area contributed by atoms with E-state index in [1.807, 2.05) is 6.07 Å². The Kier molecular flexibility index (Phi) is 3.94. The van der Waals surface area contributed by atoms with Crippen LogP contribution in [-0.2, 0) is 13.1 Å². The molecule has 2 aromatic carbocycles. The SMILES string of the molecule is COc1ccc2c(c1OC)C(=O)N(Cc1ccc(F)c(C)c1)C2. The van der Waals surface area contributed by atoms with Crippen molar-refractivity contribution in [2.24, 2.45) is 0 Å². The van der Waals surface area contributed by atoms with Gasteiger partial charge in [-0.1, -0.05) is 18.2 Å². The van der Waals surface area contributed by atoms with Crippen LogP contribution >= 0.6 is 0 Å². The van der Waals surface area contributed by atoms with E-state index in [1.54, 1.807) is 37.1 Å². The largest absolute Gasteiger partial charge is 0.493 e. The van der Waals surface area contributed by atoms with E-state index in [4.69, 9.17) is 9.47 Å². The van der Waals surface area contributed by atoms with E-state index in [0.717, 1.165) is 11.1 Å². The molecule has 4 nitrogen and oxygen atoms in total. The number of hydrogen-bond acceptors (Lipinski definition) is 3. The van der Waals surface area contributed by atoms with E-state index >= 15 is 0 Å². The summed E-state index contributed by atoms with van der Waals surface area (Å²) in [7, 11) is 3.07. The molecule has 0 radical (unpaired) electrons. The third kappa shape index (κ3) is 2.63. The topological polar surface area (TPSA) is 38.8 Å². The molecule has 23 heavy (non-hydrogen) atoms. The highest BCUT2D eigenvalue weighted by atomic mass is 19.1. The second-order valence-corrected chi connectivity index (χ2v) is 5.58. The molecule has 0 saturated carbocycles. The number of amides is 1. The lowest BCUT2D eigenvalue weighted by Gasteiger charge is -2.16. The highest BCUT2D eigenvalue weighted by molar-refractivity contribution is 6.01. The van der Waals surface area contributed by atoms with Crippen molar-refractivity contribution in [1.82, 2.24) is 4.90 Å². The van der Waals surface area contributed by atoms with Crippen LogP contribution in [0.2, 0.25) is 0 Å². The zero-order valence-electron chi connectivity index (χ0n) is 13.4. The second kappa shape index (κ2) is 5.91. The van der Waals surface area contributed by atoms with Crippen LogP contribution in [0.15, 0.2) is 30.3 Å². The summed E-state index contributed by atoms with van der Waals surface area (Å²) in [5, 5.41) is 0. The Morgan fingerprint density at radius 1 is 1.17 bits per heavy atom. The molecule has 120 valence electrons. The molecule has 3 rings (SSSR count). The first kappa shape index (κ1) is 15.3. The summed E-state index contributed by atoms with van der Waals surface area (Å²) in [5.74, 6) is 0.667. The van der Waals surface area contributed by atoms with Gasteiger partial charge in [0.15, 0.2) is 11.5 Å². The van der Waals surface area contributed by atoms with Gasteiger partial charge in [-0.05, 0) is 35.7 Å². The van der Waals surface area contributed by atoms with Gasteiger partial charge in [0, 0.05) is 13.1 Å². The molecule has 1 aliphatic heterocycles. The maximum atomic E-state index is 13.4. The molecule has 0 saturated heterocycles. The molecule has 0 spiro atoms. The molecule has 1 amide bonds. The minimum Gasteiger partial charge on any atom is -0.493 e. The number of nitrogens with zero attached hydrogens (tertiary/aromatic N) is 1. The summed E-state index contributed by atoms with van der Waals surface area (Å²) < 4.78 is 24.0. The predicted octanol–water partition coefficient (Wildman–Crippen LogP) is 3.31. The van der Waals surface area contributed by atoms with E-state index < -0.39 is 0 Å². The van der Waals surface area contributed by atoms with Crippen LogP contribution in [0.1, 0.15) is 27.0 Å². The number of carbonyl (C=O) groups is 1. The number of carbonyl (C=O) groups excluding carboxylic acids is 1. The summed E-state index contributed by atoms with van der Waals surface area (Å²) >= 11 is 0. The van der Waals surface area contributed by atoms with Gasteiger partial charge in [-0.2, -0.15) is 0 Å². The molecular weight excluding hydrogens is 297 g/mol. The minimum atomic E-state index is -0.240. The number of hydrogen-bond donors (Lipinski definition) is 0. The first-order chi connectivity index (χ1) is 11.0. The Morgan fingerprint density at radius 3 is 2.61 bits per heavy atom.